The van der Waals surface area contributed by atoms with Crippen LogP contribution in [0.1, 0.15) is 6.92 Å². The molecule has 6 heteroatoms. The Labute approximate surface area is 91.2 Å². The number of aromatic amines is 1. The molecule has 0 atom stereocenters. The number of aliphatic carboxylic acids is 1. The maximum Gasteiger partial charge on any atom is 0.336 e. The maximum atomic E-state index is 11.3. The normalized spacial score (nSPS) is 11.9. The SMILES string of the molecule is C=C(C=N/C(=C\C)n1[nH]ccc1=O)C(=O)O. The number of carboxylic acid groups (broad SMARTS) is 1. The molecule has 1 aromatic rings. The van der Waals surface area contributed by atoms with Crippen LogP contribution in [0.5, 0.6) is 0 Å². The summed E-state index contributed by atoms with van der Waals surface area (Å²) in [7, 11) is 0. The zero-order chi connectivity index (χ0) is 12.1. The van der Waals surface area contributed by atoms with Crippen LogP contribution in [0.4, 0.5) is 0 Å². The monoisotopic (exact) mass is 221 g/mol. The predicted molar refractivity (Wildman–Crippen MR) is 60.3 cm³/mol. The van der Waals surface area contributed by atoms with Crippen LogP contribution in [0.25, 0.3) is 5.82 Å². The van der Waals surface area contributed by atoms with Crippen LogP contribution < -0.4 is 5.56 Å². The standard InChI is InChI=1S/C10H11N3O3/c1-3-8(11-6-7(2)10(15)16)13-9(14)4-5-12-13/h3-6,12H,2H2,1H3,(H,15,16)/b8-3+,11-6?. The molecular formula is C10H11N3O3. The van der Waals surface area contributed by atoms with E-state index in [1.807, 2.05) is 0 Å². The molecule has 1 heterocycles. The van der Waals surface area contributed by atoms with E-state index in [4.69, 9.17) is 5.11 Å². The lowest BCUT2D eigenvalue weighted by atomic mass is 10.3. The topological polar surface area (TPSA) is 87.5 Å². The van der Waals surface area contributed by atoms with Crippen LogP contribution in [-0.4, -0.2) is 27.1 Å². The first-order chi connectivity index (χ1) is 7.56. The van der Waals surface area contributed by atoms with Gasteiger partial charge in [0.2, 0.25) is 0 Å². The summed E-state index contributed by atoms with van der Waals surface area (Å²) >= 11 is 0. The maximum absolute atomic E-state index is 11.3. The molecule has 0 spiro atoms. The van der Waals surface area contributed by atoms with Gasteiger partial charge in [0.25, 0.3) is 5.56 Å². The molecular weight excluding hydrogens is 210 g/mol. The van der Waals surface area contributed by atoms with E-state index in [1.165, 1.54) is 16.9 Å². The van der Waals surface area contributed by atoms with Gasteiger partial charge in [0, 0.05) is 18.5 Å². The molecule has 0 aliphatic carbocycles. The van der Waals surface area contributed by atoms with Gasteiger partial charge in [-0.15, -0.1) is 0 Å². The van der Waals surface area contributed by atoms with Crippen molar-refractivity contribution in [1.29, 1.82) is 0 Å². The number of aliphatic imine (C=N–C) groups is 1. The number of hydrogen-bond donors (Lipinski definition) is 2. The highest BCUT2D eigenvalue weighted by molar-refractivity contribution is 6.08. The molecule has 2 N–H and O–H groups in total. The van der Waals surface area contributed by atoms with Crippen molar-refractivity contribution in [3.8, 4) is 0 Å². The predicted octanol–water partition coefficient (Wildman–Crippen LogP) is 0.706. The third-order valence-corrected chi connectivity index (χ3v) is 1.76. The number of H-pyrrole nitrogens is 1. The van der Waals surface area contributed by atoms with E-state index >= 15 is 0 Å². The van der Waals surface area contributed by atoms with Crippen molar-refractivity contribution < 1.29 is 9.90 Å². The Morgan fingerprint density at radius 3 is 2.81 bits per heavy atom. The summed E-state index contributed by atoms with van der Waals surface area (Å²) in [6, 6.07) is 1.34. The number of carboxylic acids is 1. The Balaban J connectivity index is 2.96. The molecule has 1 rings (SSSR count). The molecule has 6 nitrogen and oxygen atoms in total. The van der Waals surface area contributed by atoms with Gasteiger partial charge in [0.1, 0.15) is 0 Å². The molecule has 84 valence electrons. The van der Waals surface area contributed by atoms with Crippen molar-refractivity contribution in [2.24, 2.45) is 4.99 Å². The van der Waals surface area contributed by atoms with Gasteiger partial charge in [-0.25, -0.2) is 14.5 Å². The molecule has 0 aliphatic rings. The number of carbonyl (C=O) groups is 1. The number of nitrogens with one attached hydrogen (secondary N) is 1. The summed E-state index contributed by atoms with van der Waals surface area (Å²) in [5.41, 5.74) is -0.426. The smallest absolute Gasteiger partial charge is 0.336 e. The van der Waals surface area contributed by atoms with E-state index in [0.29, 0.717) is 5.82 Å². The van der Waals surface area contributed by atoms with Crippen LogP contribution >= 0.6 is 0 Å². The zero-order valence-corrected chi connectivity index (χ0v) is 8.67. The lowest BCUT2D eigenvalue weighted by Crippen LogP contribution is -2.14. The van der Waals surface area contributed by atoms with E-state index in [0.717, 1.165) is 6.21 Å². The summed E-state index contributed by atoms with van der Waals surface area (Å²) < 4.78 is 1.19. The average Bonchev–Trinajstić information content (AvgIpc) is 2.65. The van der Waals surface area contributed by atoms with Gasteiger partial charge in [-0.2, -0.15) is 0 Å². The van der Waals surface area contributed by atoms with Crippen LogP contribution in [0.2, 0.25) is 0 Å². The molecule has 0 radical (unpaired) electrons. The van der Waals surface area contributed by atoms with Crippen LogP contribution in [0, 0.1) is 0 Å². The molecule has 0 unspecified atom stereocenters. The number of nitrogens with zero attached hydrogens (tertiary/aromatic N) is 2. The van der Waals surface area contributed by atoms with Crippen LogP contribution in [0.15, 0.2) is 40.3 Å². The highest BCUT2D eigenvalue weighted by atomic mass is 16.4. The Kier molecular flexibility index (Phi) is 3.60. The number of rotatable bonds is 4. The fourth-order valence-corrected chi connectivity index (χ4v) is 0.961. The van der Waals surface area contributed by atoms with Gasteiger partial charge in [-0.05, 0) is 13.0 Å². The van der Waals surface area contributed by atoms with Crippen molar-refractivity contribution in [2.45, 2.75) is 6.92 Å². The van der Waals surface area contributed by atoms with E-state index in [9.17, 15) is 9.59 Å². The van der Waals surface area contributed by atoms with Crippen molar-refractivity contribution in [3.63, 3.8) is 0 Å². The molecule has 0 fully saturated rings. The summed E-state index contributed by atoms with van der Waals surface area (Å²) in [6.45, 7) is 4.97. The molecule has 0 saturated carbocycles. The van der Waals surface area contributed by atoms with Crippen molar-refractivity contribution in [3.05, 3.63) is 40.8 Å². The molecule has 16 heavy (non-hydrogen) atoms. The van der Waals surface area contributed by atoms with Crippen molar-refractivity contribution >= 4 is 18.0 Å². The van der Waals surface area contributed by atoms with Crippen molar-refractivity contribution in [1.82, 2.24) is 9.78 Å². The summed E-state index contributed by atoms with van der Waals surface area (Å²) in [5.74, 6) is -0.851. The summed E-state index contributed by atoms with van der Waals surface area (Å²) in [5, 5.41) is 11.2. The first-order valence-electron chi connectivity index (χ1n) is 4.45. The Bertz CT molecular complexity index is 519. The number of aromatic nitrogens is 2. The Morgan fingerprint density at radius 1 is 1.69 bits per heavy atom. The molecule has 0 aromatic carbocycles. The third kappa shape index (κ3) is 2.57. The third-order valence-electron chi connectivity index (χ3n) is 1.76. The van der Waals surface area contributed by atoms with Gasteiger partial charge < -0.3 is 5.11 Å². The number of allylic oxidation sites excluding steroid dienone is 1. The lowest BCUT2D eigenvalue weighted by Gasteiger charge is -2.00. The Hall–Kier alpha value is -2.37. The largest absolute Gasteiger partial charge is 0.478 e. The second-order valence-corrected chi connectivity index (χ2v) is 2.87. The lowest BCUT2D eigenvalue weighted by molar-refractivity contribution is -0.131. The molecule has 1 aromatic heterocycles. The first kappa shape index (κ1) is 11.7. The van der Waals surface area contributed by atoms with E-state index in [-0.39, 0.29) is 11.1 Å². The average molecular weight is 221 g/mol. The number of hydrogen-bond acceptors (Lipinski definition) is 3. The molecule has 0 saturated heterocycles. The summed E-state index contributed by atoms with van der Waals surface area (Å²) in [4.78, 5) is 25.6. The van der Waals surface area contributed by atoms with E-state index < -0.39 is 5.97 Å². The minimum absolute atomic E-state index is 0.154. The second kappa shape index (κ2) is 4.92. The first-order valence-corrected chi connectivity index (χ1v) is 4.45. The molecule has 0 aliphatic heterocycles. The quantitative estimate of drug-likeness (QED) is 0.579. The highest BCUT2D eigenvalue weighted by Gasteiger charge is 2.02. The Morgan fingerprint density at radius 2 is 2.38 bits per heavy atom. The summed E-state index contributed by atoms with van der Waals surface area (Å²) in [6.07, 6.45) is 4.13. The fraction of sp³-hybridized carbons (Fsp3) is 0.100. The van der Waals surface area contributed by atoms with Gasteiger partial charge in [-0.1, -0.05) is 6.58 Å². The minimum atomic E-state index is -1.15. The zero-order valence-electron chi connectivity index (χ0n) is 8.67. The van der Waals surface area contributed by atoms with Crippen LogP contribution in [-0.2, 0) is 4.79 Å². The van der Waals surface area contributed by atoms with E-state index in [2.05, 4.69) is 16.7 Å². The van der Waals surface area contributed by atoms with E-state index in [1.54, 1.807) is 13.0 Å². The fourth-order valence-electron chi connectivity index (χ4n) is 0.961. The minimum Gasteiger partial charge on any atom is -0.478 e. The van der Waals surface area contributed by atoms with Gasteiger partial charge in [0.05, 0.1) is 5.57 Å². The second-order valence-electron chi connectivity index (χ2n) is 2.87. The van der Waals surface area contributed by atoms with Gasteiger partial charge >= 0.3 is 5.97 Å². The van der Waals surface area contributed by atoms with Crippen LogP contribution in [0.3, 0.4) is 0 Å². The highest BCUT2D eigenvalue weighted by Crippen LogP contribution is 2.01. The molecule has 0 bridgehead atoms. The van der Waals surface area contributed by atoms with Gasteiger partial charge in [-0.3, -0.25) is 9.89 Å². The van der Waals surface area contributed by atoms with Crippen molar-refractivity contribution in [2.75, 3.05) is 0 Å². The van der Waals surface area contributed by atoms with Gasteiger partial charge in [0.15, 0.2) is 5.82 Å². The molecule has 0 amide bonds.